The molecular formula is C16H16FN3O2S2. The standard InChI is InChI=1S/C16H16FN3O2S2/c1-24(21,22)15-8-7-13(9-14(15)17)10-19-20-16(18)23-11-12-5-3-2-4-6-12/h2-10H,11H2,1H3,(H2,18,20). The lowest BCUT2D eigenvalue weighted by atomic mass is 10.2. The van der Waals surface area contributed by atoms with Gasteiger partial charge in [-0.25, -0.2) is 12.8 Å². The first-order valence-electron chi connectivity index (χ1n) is 6.89. The second kappa shape index (κ2) is 8.07. The molecule has 0 saturated heterocycles. The highest BCUT2D eigenvalue weighted by atomic mass is 32.2. The molecule has 5 nitrogen and oxygen atoms in total. The minimum Gasteiger partial charge on any atom is -0.377 e. The van der Waals surface area contributed by atoms with Crippen molar-refractivity contribution in [2.24, 2.45) is 15.9 Å². The Balaban J connectivity index is 1.99. The third kappa shape index (κ3) is 5.47. The molecule has 0 heterocycles. The topological polar surface area (TPSA) is 84.9 Å². The van der Waals surface area contributed by atoms with Crippen LogP contribution in [-0.2, 0) is 15.6 Å². The first kappa shape index (κ1) is 18.2. The van der Waals surface area contributed by atoms with Gasteiger partial charge in [-0.05, 0) is 23.3 Å². The van der Waals surface area contributed by atoms with E-state index in [1.54, 1.807) is 0 Å². The van der Waals surface area contributed by atoms with Crippen molar-refractivity contribution in [2.45, 2.75) is 10.6 Å². The van der Waals surface area contributed by atoms with Gasteiger partial charge in [-0.15, -0.1) is 5.10 Å². The number of benzene rings is 2. The maximum atomic E-state index is 13.7. The smallest absolute Gasteiger partial charge is 0.180 e. The molecule has 0 saturated carbocycles. The molecule has 0 atom stereocenters. The van der Waals surface area contributed by atoms with E-state index in [4.69, 9.17) is 5.73 Å². The summed E-state index contributed by atoms with van der Waals surface area (Å²) in [6.45, 7) is 0. The van der Waals surface area contributed by atoms with Crippen molar-refractivity contribution < 1.29 is 12.8 Å². The van der Waals surface area contributed by atoms with Crippen molar-refractivity contribution in [1.82, 2.24) is 0 Å². The maximum Gasteiger partial charge on any atom is 0.180 e. The molecule has 2 aromatic carbocycles. The largest absolute Gasteiger partial charge is 0.377 e. The number of hydrogen-bond acceptors (Lipinski definition) is 5. The lowest BCUT2D eigenvalue weighted by Crippen LogP contribution is -2.06. The van der Waals surface area contributed by atoms with Crippen molar-refractivity contribution in [3.8, 4) is 0 Å². The number of rotatable bonds is 5. The summed E-state index contributed by atoms with van der Waals surface area (Å²) in [5, 5.41) is 7.89. The molecular weight excluding hydrogens is 349 g/mol. The van der Waals surface area contributed by atoms with Crippen LogP contribution < -0.4 is 5.73 Å². The number of nitrogens with zero attached hydrogens (tertiary/aromatic N) is 2. The van der Waals surface area contributed by atoms with Crippen LogP contribution in [-0.4, -0.2) is 26.1 Å². The number of thioether (sulfide) groups is 1. The Bertz CT molecular complexity index is 866. The summed E-state index contributed by atoms with van der Waals surface area (Å²) < 4.78 is 36.4. The molecule has 0 spiro atoms. The van der Waals surface area contributed by atoms with Crippen molar-refractivity contribution >= 4 is 33.0 Å². The zero-order valence-electron chi connectivity index (χ0n) is 12.9. The highest BCUT2D eigenvalue weighted by Crippen LogP contribution is 2.15. The Morgan fingerprint density at radius 2 is 1.96 bits per heavy atom. The summed E-state index contributed by atoms with van der Waals surface area (Å²) in [5.74, 6) is -0.152. The summed E-state index contributed by atoms with van der Waals surface area (Å²) in [4.78, 5) is -0.346. The second-order valence-corrected chi connectivity index (χ2v) is 7.90. The zero-order valence-corrected chi connectivity index (χ0v) is 14.5. The van der Waals surface area contributed by atoms with Crippen molar-refractivity contribution in [2.75, 3.05) is 6.26 Å². The van der Waals surface area contributed by atoms with Crippen LogP contribution in [0.2, 0.25) is 0 Å². The van der Waals surface area contributed by atoms with E-state index in [1.807, 2.05) is 30.3 Å². The average molecular weight is 365 g/mol. The lowest BCUT2D eigenvalue weighted by molar-refractivity contribution is 0.570. The second-order valence-electron chi connectivity index (χ2n) is 4.92. The predicted molar refractivity (Wildman–Crippen MR) is 96.5 cm³/mol. The quantitative estimate of drug-likeness (QED) is 0.502. The summed E-state index contributed by atoms with van der Waals surface area (Å²) in [6.07, 6.45) is 2.26. The monoisotopic (exact) mass is 365 g/mol. The van der Waals surface area contributed by atoms with Gasteiger partial charge >= 0.3 is 0 Å². The minimum absolute atomic E-state index is 0.281. The molecule has 24 heavy (non-hydrogen) atoms. The van der Waals surface area contributed by atoms with Crippen LogP contribution in [0.25, 0.3) is 0 Å². The van der Waals surface area contributed by atoms with Gasteiger partial charge < -0.3 is 5.73 Å². The first-order chi connectivity index (χ1) is 11.4. The molecule has 0 fully saturated rings. The molecule has 0 aromatic heterocycles. The fourth-order valence-corrected chi connectivity index (χ4v) is 3.15. The van der Waals surface area contributed by atoms with Gasteiger partial charge in [0, 0.05) is 12.0 Å². The molecule has 0 aliphatic heterocycles. The lowest BCUT2D eigenvalue weighted by Gasteiger charge is -2.01. The van der Waals surface area contributed by atoms with E-state index >= 15 is 0 Å². The van der Waals surface area contributed by atoms with Crippen molar-refractivity contribution in [3.05, 3.63) is 65.5 Å². The minimum atomic E-state index is -3.59. The Morgan fingerprint density at radius 1 is 1.25 bits per heavy atom. The Kier molecular flexibility index (Phi) is 6.10. The van der Waals surface area contributed by atoms with E-state index in [-0.39, 0.29) is 10.1 Å². The van der Waals surface area contributed by atoms with Gasteiger partial charge in [-0.3, -0.25) is 0 Å². The SMILES string of the molecule is CS(=O)(=O)c1ccc(C=NN=C(N)SCc2ccccc2)cc1F. The zero-order chi connectivity index (χ0) is 17.6. The van der Waals surface area contributed by atoms with Crippen LogP contribution in [0.3, 0.4) is 0 Å². The van der Waals surface area contributed by atoms with E-state index in [2.05, 4.69) is 10.2 Å². The Morgan fingerprint density at radius 3 is 2.58 bits per heavy atom. The normalized spacial score (nSPS) is 12.7. The third-order valence-corrected chi connectivity index (χ3v) is 4.93. The van der Waals surface area contributed by atoms with Crippen LogP contribution in [0.1, 0.15) is 11.1 Å². The van der Waals surface area contributed by atoms with Gasteiger partial charge in [0.05, 0.1) is 6.21 Å². The number of amidine groups is 1. The van der Waals surface area contributed by atoms with Gasteiger partial charge in [0.1, 0.15) is 10.7 Å². The van der Waals surface area contributed by atoms with Gasteiger partial charge in [-0.2, -0.15) is 5.10 Å². The number of nitrogens with two attached hydrogens (primary N) is 1. The molecule has 2 N–H and O–H groups in total. The Hall–Kier alpha value is -2.19. The van der Waals surface area contributed by atoms with Crippen LogP contribution >= 0.6 is 11.8 Å². The number of sulfone groups is 1. The molecule has 0 aliphatic rings. The van der Waals surface area contributed by atoms with Gasteiger partial charge in [-0.1, -0.05) is 48.2 Å². The van der Waals surface area contributed by atoms with Crippen molar-refractivity contribution in [3.63, 3.8) is 0 Å². The fraction of sp³-hybridized carbons (Fsp3) is 0.125. The predicted octanol–water partition coefficient (Wildman–Crippen LogP) is 2.81. The molecule has 8 heteroatoms. The van der Waals surface area contributed by atoms with E-state index < -0.39 is 15.7 Å². The molecule has 0 aliphatic carbocycles. The van der Waals surface area contributed by atoms with E-state index in [0.29, 0.717) is 11.3 Å². The molecule has 126 valence electrons. The van der Waals surface area contributed by atoms with Crippen LogP contribution in [0.4, 0.5) is 4.39 Å². The molecule has 0 amide bonds. The maximum absolute atomic E-state index is 13.7. The summed E-state index contributed by atoms with van der Waals surface area (Å²) >= 11 is 1.33. The average Bonchev–Trinajstić information content (AvgIpc) is 2.53. The molecule has 0 unspecified atom stereocenters. The molecule has 0 bridgehead atoms. The van der Waals surface area contributed by atoms with E-state index in [9.17, 15) is 12.8 Å². The summed E-state index contributed by atoms with van der Waals surface area (Å²) in [7, 11) is -3.59. The van der Waals surface area contributed by atoms with E-state index in [0.717, 1.165) is 17.9 Å². The summed E-state index contributed by atoms with van der Waals surface area (Å²) in [5.41, 5.74) is 7.25. The van der Waals surface area contributed by atoms with Crippen LogP contribution in [0.5, 0.6) is 0 Å². The number of halogens is 1. The third-order valence-electron chi connectivity index (χ3n) is 2.95. The Labute approximate surface area is 144 Å². The molecule has 2 aromatic rings. The fourth-order valence-electron chi connectivity index (χ4n) is 1.81. The summed E-state index contributed by atoms with van der Waals surface area (Å²) in [6, 6.07) is 13.5. The van der Waals surface area contributed by atoms with Crippen LogP contribution in [0, 0.1) is 5.82 Å². The van der Waals surface area contributed by atoms with Gasteiger partial charge in [0.15, 0.2) is 15.0 Å². The van der Waals surface area contributed by atoms with Crippen LogP contribution in [0.15, 0.2) is 63.6 Å². The van der Waals surface area contributed by atoms with E-state index in [1.165, 1.54) is 30.1 Å². The highest BCUT2D eigenvalue weighted by Gasteiger charge is 2.13. The molecule has 0 radical (unpaired) electrons. The first-order valence-corrected chi connectivity index (χ1v) is 9.77. The van der Waals surface area contributed by atoms with Gasteiger partial charge in [0.2, 0.25) is 0 Å². The number of hydrogen-bond donors (Lipinski definition) is 1. The highest BCUT2D eigenvalue weighted by molar-refractivity contribution is 8.13. The van der Waals surface area contributed by atoms with Crippen molar-refractivity contribution in [1.29, 1.82) is 0 Å². The van der Waals surface area contributed by atoms with Gasteiger partial charge in [0.25, 0.3) is 0 Å². The molecule has 2 rings (SSSR count).